The van der Waals surface area contributed by atoms with E-state index in [4.69, 9.17) is 0 Å². The summed E-state index contributed by atoms with van der Waals surface area (Å²) >= 11 is 0. The van der Waals surface area contributed by atoms with E-state index >= 15 is 0 Å². The number of anilines is 1. The number of nitrogens with one attached hydrogen (secondary N) is 1. The molecule has 0 aliphatic carbocycles. The van der Waals surface area contributed by atoms with Crippen LogP contribution in [-0.4, -0.2) is 24.3 Å². The molecular formula is C16H20N6. The summed E-state index contributed by atoms with van der Waals surface area (Å²) in [6, 6.07) is 10.1. The minimum absolute atomic E-state index is 0.0740. The molecule has 0 spiro atoms. The summed E-state index contributed by atoms with van der Waals surface area (Å²) < 4.78 is 3.90. The molecule has 1 N–H and O–H groups in total. The van der Waals surface area contributed by atoms with E-state index in [0.29, 0.717) is 12.5 Å². The van der Waals surface area contributed by atoms with E-state index in [-0.39, 0.29) is 5.54 Å². The molecule has 6 nitrogen and oxygen atoms in total. The Kier molecular flexibility index (Phi) is 3.66. The zero-order chi connectivity index (χ0) is 15.6. The molecule has 22 heavy (non-hydrogen) atoms. The fourth-order valence-electron chi connectivity index (χ4n) is 2.11. The van der Waals surface area contributed by atoms with Gasteiger partial charge in [0.25, 0.3) is 0 Å². The van der Waals surface area contributed by atoms with Gasteiger partial charge in [-0.15, -0.1) is 5.10 Å². The zero-order valence-electron chi connectivity index (χ0n) is 13.1. The summed E-state index contributed by atoms with van der Waals surface area (Å²) in [7, 11) is 0. The van der Waals surface area contributed by atoms with Crippen LogP contribution in [0.25, 0.3) is 5.69 Å². The van der Waals surface area contributed by atoms with Crippen molar-refractivity contribution in [2.75, 3.05) is 5.32 Å². The molecule has 0 aliphatic rings. The Morgan fingerprint density at radius 3 is 2.55 bits per heavy atom. The minimum Gasteiger partial charge on any atom is -0.346 e. The number of aromatic nitrogens is 5. The summed E-state index contributed by atoms with van der Waals surface area (Å²) in [6.45, 7) is 6.84. The lowest BCUT2D eigenvalue weighted by Gasteiger charge is -2.17. The molecule has 3 rings (SSSR count). The summed E-state index contributed by atoms with van der Waals surface area (Å²) in [4.78, 5) is 8.69. The van der Waals surface area contributed by atoms with Crippen molar-refractivity contribution in [3.63, 3.8) is 0 Å². The first-order valence-electron chi connectivity index (χ1n) is 7.28. The summed E-state index contributed by atoms with van der Waals surface area (Å²) in [5.41, 5.74) is 1.01. The van der Waals surface area contributed by atoms with E-state index in [9.17, 15) is 0 Å². The first-order chi connectivity index (χ1) is 10.5. The van der Waals surface area contributed by atoms with Crippen LogP contribution in [0.4, 0.5) is 5.95 Å². The van der Waals surface area contributed by atoms with Crippen molar-refractivity contribution in [1.82, 2.24) is 24.3 Å². The molecule has 3 aromatic rings. The summed E-state index contributed by atoms with van der Waals surface area (Å²) in [5, 5.41) is 7.66. The van der Waals surface area contributed by atoms with E-state index < -0.39 is 0 Å². The Morgan fingerprint density at radius 2 is 1.86 bits per heavy atom. The Bertz CT molecular complexity index is 735. The molecule has 0 saturated heterocycles. The average Bonchev–Trinajstić information content (AvgIpc) is 3.14. The van der Waals surface area contributed by atoms with Crippen LogP contribution < -0.4 is 5.32 Å². The molecule has 0 radical (unpaired) electrons. The average molecular weight is 296 g/mol. The van der Waals surface area contributed by atoms with Crippen LogP contribution in [0.15, 0.2) is 49.1 Å². The van der Waals surface area contributed by atoms with Crippen LogP contribution in [0.3, 0.4) is 0 Å². The van der Waals surface area contributed by atoms with Gasteiger partial charge in [-0.3, -0.25) is 0 Å². The van der Waals surface area contributed by atoms with Crippen LogP contribution in [0.5, 0.6) is 0 Å². The third kappa shape index (κ3) is 3.00. The van der Waals surface area contributed by atoms with Gasteiger partial charge in [0.15, 0.2) is 0 Å². The maximum Gasteiger partial charge on any atom is 0.242 e. The fraction of sp³-hybridized carbons (Fsp3) is 0.312. The third-order valence-corrected chi connectivity index (χ3v) is 3.34. The van der Waals surface area contributed by atoms with Crippen molar-refractivity contribution in [3.05, 3.63) is 54.9 Å². The van der Waals surface area contributed by atoms with Crippen molar-refractivity contribution >= 4 is 5.95 Å². The third-order valence-electron chi connectivity index (χ3n) is 3.34. The molecule has 0 amide bonds. The highest BCUT2D eigenvalue weighted by atomic mass is 15.4. The van der Waals surface area contributed by atoms with Gasteiger partial charge in [-0.05, 0) is 32.9 Å². The number of rotatable bonds is 4. The normalized spacial score (nSPS) is 11.6. The monoisotopic (exact) mass is 296 g/mol. The standard InChI is InChI=1S/C16H20N6/c1-16(2,3)22-12-19-15(20-22)18-11-14-17-9-10-21(14)13-7-5-4-6-8-13/h4-10,12H,11H2,1-3H3,(H,18,20). The fourth-order valence-corrected chi connectivity index (χ4v) is 2.11. The molecule has 0 aliphatic heterocycles. The number of para-hydroxylation sites is 1. The predicted molar refractivity (Wildman–Crippen MR) is 85.9 cm³/mol. The second-order valence-corrected chi connectivity index (χ2v) is 6.09. The number of hydrogen-bond acceptors (Lipinski definition) is 4. The SMILES string of the molecule is CC(C)(C)n1cnc(NCc2nccn2-c2ccccc2)n1. The summed E-state index contributed by atoms with van der Waals surface area (Å²) in [6.07, 6.45) is 5.49. The molecular weight excluding hydrogens is 276 g/mol. The van der Waals surface area contributed by atoms with Gasteiger partial charge >= 0.3 is 0 Å². The van der Waals surface area contributed by atoms with Crippen molar-refractivity contribution in [3.8, 4) is 5.69 Å². The van der Waals surface area contributed by atoms with Crippen LogP contribution in [-0.2, 0) is 12.1 Å². The molecule has 1 aromatic carbocycles. The molecule has 0 saturated carbocycles. The van der Waals surface area contributed by atoms with E-state index in [2.05, 4.69) is 53.3 Å². The highest BCUT2D eigenvalue weighted by Crippen LogP contribution is 2.14. The first kappa shape index (κ1) is 14.3. The van der Waals surface area contributed by atoms with Gasteiger partial charge in [-0.2, -0.15) is 0 Å². The maximum atomic E-state index is 4.44. The van der Waals surface area contributed by atoms with Crippen molar-refractivity contribution in [2.45, 2.75) is 32.9 Å². The highest BCUT2D eigenvalue weighted by molar-refractivity contribution is 5.33. The second-order valence-electron chi connectivity index (χ2n) is 6.09. The maximum absolute atomic E-state index is 4.44. The van der Waals surface area contributed by atoms with Gasteiger partial charge in [0.1, 0.15) is 12.2 Å². The quantitative estimate of drug-likeness (QED) is 0.804. The Balaban J connectivity index is 1.73. The van der Waals surface area contributed by atoms with Gasteiger partial charge < -0.3 is 9.88 Å². The lowest BCUT2D eigenvalue weighted by atomic mass is 10.1. The second kappa shape index (κ2) is 5.63. The Hall–Kier alpha value is -2.63. The van der Waals surface area contributed by atoms with Crippen molar-refractivity contribution in [1.29, 1.82) is 0 Å². The van der Waals surface area contributed by atoms with Crippen molar-refractivity contribution < 1.29 is 0 Å². The molecule has 2 aromatic heterocycles. The topological polar surface area (TPSA) is 60.6 Å². The Labute approximate surface area is 129 Å². The van der Waals surface area contributed by atoms with Gasteiger partial charge in [0.05, 0.1) is 12.1 Å². The first-order valence-corrected chi connectivity index (χ1v) is 7.28. The van der Waals surface area contributed by atoms with Gasteiger partial charge in [0.2, 0.25) is 5.95 Å². The van der Waals surface area contributed by atoms with Gasteiger partial charge in [0, 0.05) is 18.1 Å². The van der Waals surface area contributed by atoms with E-state index in [1.54, 1.807) is 12.5 Å². The van der Waals surface area contributed by atoms with Crippen molar-refractivity contribution in [2.24, 2.45) is 0 Å². The van der Waals surface area contributed by atoms with Crippen LogP contribution in [0.2, 0.25) is 0 Å². The van der Waals surface area contributed by atoms with E-state index in [0.717, 1.165) is 11.5 Å². The molecule has 114 valence electrons. The van der Waals surface area contributed by atoms with Crippen LogP contribution in [0, 0.1) is 0 Å². The number of benzene rings is 1. The van der Waals surface area contributed by atoms with Gasteiger partial charge in [-0.25, -0.2) is 14.6 Å². The molecule has 0 fully saturated rings. The smallest absolute Gasteiger partial charge is 0.242 e. The van der Waals surface area contributed by atoms with Gasteiger partial charge in [-0.1, -0.05) is 18.2 Å². The number of imidazole rings is 1. The zero-order valence-corrected chi connectivity index (χ0v) is 13.1. The molecule has 6 heteroatoms. The highest BCUT2D eigenvalue weighted by Gasteiger charge is 2.15. The molecule has 0 bridgehead atoms. The molecule has 0 atom stereocenters. The number of nitrogens with zero attached hydrogens (tertiary/aromatic N) is 5. The molecule has 0 unspecified atom stereocenters. The van der Waals surface area contributed by atoms with Crippen LogP contribution >= 0.6 is 0 Å². The lowest BCUT2D eigenvalue weighted by molar-refractivity contribution is 0.355. The molecule has 2 heterocycles. The largest absolute Gasteiger partial charge is 0.346 e. The lowest BCUT2D eigenvalue weighted by Crippen LogP contribution is -2.22. The predicted octanol–water partition coefficient (Wildman–Crippen LogP) is 2.83. The van der Waals surface area contributed by atoms with Crippen LogP contribution in [0.1, 0.15) is 26.6 Å². The van der Waals surface area contributed by atoms with E-state index in [1.165, 1.54) is 0 Å². The Morgan fingerprint density at radius 1 is 1.09 bits per heavy atom. The van der Waals surface area contributed by atoms with E-state index in [1.807, 2.05) is 33.6 Å². The minimum atomic E-state index is -0.0740. The number of hydrogen-bond donors (Lipinski definition) is 1. The summed E-state index contributed by atoms with van der Waals surface area (Å²) in [5.74, 6) is 1.52.